The van der Waals surface area contributed by atoms with Crippen LogP contribution in [0, 0.1) is 5.82 Å². The SMILES string of the molecule is CC(C)(CCO)NS(=O)(=O)c1cncc(F)c1. The van der Waals surface area contributed by atoms with E-state index in [0.717, 1.165) is 18.5 Å². The minimum Gasteiger partial charge on any atom is -0.396 e. The van der Waals surface area contributed by atoms with Crippen molar-refractivity contribution in [1.29, 1.82) is 0 Å². The van der Waals surface area contributed by atoms with Gasteiger partial charge in [0.15, 0.2) is 0 Å². The number of hydrogen-bond donors (Lipinski definition) is 2. The minimum atomic E-state index is -3.83. The van der Waals surface area contributed by atoms with E-state index in [1.165, 1.54) is 0 Å². The standard InChI is InChI=1S/C10H15FN2O3S/c1-10(2,3-4-14)13-17(15,16)9-5-8(11)6-12-7-9/h5-7,13-14H,3-4H2,1-2H3. The van der Waals surface area contributed by atoms with E-state index in [1.807, 2.05) is 0 Å². The van der Waals surface area contributed by atoms with Gasteiger partial charge >= 0.3 is 0 Å². The Balaban J connectivity index is 2.97. The number of sulfonamides is 1. The minimum absolute atomic E-state index is 0.142. The summed E-state index contributed by atoms with van der Waals surface area (Å²) < 4.78 is 39.0. The molecule has 0 aliphatic rings. The number of aromatic nitrogens is 1. The molecule has 0 amide bonds. The maximum Gasteiger partial charge on any atom is 0.242 e. The predicted molar refractivity (Wildman–Crippen MR) is 60.3 cm³/mol. The molecule has 96 valence electrons. The first-order valence-corrected chi connectivity index (χ1v) is 6.50. The van der Waals surface area contributed by atoms with Crippen molar-refractivity contribution in [2.24, 2.45) is 0 Å². The van der Waals surface area contributed by atoms with E-state index >= 15 is 0 Å². The molecule has 0 bridgehead atoms. The molecule has 17 heavy (non-hydrogen) atoms. The Labute approximate surface area is 99.7 Å². The Morgan fingerprint density at radius 3 is 2.65 bits per heavy atom. The van der Waals surface area contributed by atoms with Crippen molar-refractivity contribution < 1.29 is 17.9 Å². The molecule has 1 aromatic heterocycles. The van der Waals surface area contributed by atoms with Crippen LogP contribution in [0.15, 0.2) is 23.4 Å². The van der Waals surface area contributed by atoms with Crippen molar-refractivity contribution in [2.45, 2.75) is 30.7 Å². The molecule has 0 saturated carbocycles. The van der Waals surface area contributed by atoms with E-state index in [2.05, 4.69) is 9.71 Å². The quantitative estimate of drug-likeness (QED) is 0.817. The van der Waals surface area contributed by atoms with Gasteiger partial charge in [-0.3, -0.25) is 4.98 Å². The Morgan fingerprint density at radius 2 is 2.12 bits per heavy atom. The van der Waals surface area contributed by atoms with Crippen LogP contribution in [0.25, 0.3) is 0 Å². The van der Waals surface area contributed by atoms with Gasteiger partial charge in [-0.2, -0.15) is 0 Å². The highest BCUT2D eigenvalue weighted by Gasteiger charge is 2.26. The van der Waals surface area contributed by atoms with E-state index in [-0.39, 0.29) is 17.9 Å². The molecule has 0 aliphatic heterocycles. The van der Waals surface area contributed by atoms with E-state index in [9.17, 15) is 12.8 Å². The molecule has 0 fully saturated rings. The second kappa shape index (κ2) is 5.07. The van der Waals surface area contributed by atoms with Gasteiger partial charge in [0.2, 0.25) is 10.0 Å². The third kappa shape index (κ3) is 4.03. The van der Waals surface area contributed by atoms with Crippen LogP contribution in [-0.4, -0.2) is 30.7 Å². The van der Waals surface area contributed by atoms with Gasteiger partial charge in [-0.05, 0) is 26.3 Å². The summed E-state index contributed by atoms with van der Waals surface area (Å²) in [5, 5.41) is 8.81. The zero-order chi connectivity index (χ0) is 13.1. The molecule has 2 N–H and O–H groups in total. The summed E-state index contributed by atoms with van der Waals surface area (Å²) in [7, 11) is -3.83. The highest BCUT2D eigenvalue weighted by Crippen LogP contribution is 2.15. The van der Waals surface area contributed by atoms with Crippen molar-refractivity contribution in [3.8, 4) is 0 Å². The van der Waals surface area contributed by atoms with Crippen molar-refractivity contribution in [3.05, 3.63) is 24.3 Å². The molecule has 0 aromatic carbocycles. The predicted octanol–water partition coefficient (Wildman–Crippen LogP) is 0.660. The zero-order valence-corrected chi connectivity index (χ0v) is 10.5. The molecular weight excluding hydrogens is 247 g/mol. The third-order valence-corrected chi connectivity index (χ3v) is 3.80. The van der Waals surface area contributed by atoms with Gasteiger partial charge in [-0.25, -0.2) is 17.5 Å². The van der Waals surface area contributed by atoms with Gasteiger partial charge in [0.1, 0.15) is 10.7 Å². The maximum atomic E-state index is 12.9. The summed E-state index contributed by atoms with van der Waals surface area (Å²) in [6, 6.07) is 0.893. The van der Waals surface area contributed by atoms with Gasteiger partial charge in [0, 0.05) is 18.3 Å². The first-order chi connectivity index (χ1) is 7.77. The van der Waals surface area contributed by atoms with Crippen LogP contribution in [0.2, 0.25) is 0 Å². The lowest BCUT2D eigenvalue weighted by molar-refractivity contribution is 0.245. The van der Waals surface area contributed by atoms with Crippen molar-refractivity contribution in [2.75, 3.05) is 6.61 Å². The number of aliphatic hydroxyl groups is 1. The largest absolute Gasteiger partial charge is 0.396 e. The third-order valence-electron chi connectivity index (χ3n) is 2.14. The normalized spacial score (nSPS) is 12.7. The van der Waals surface area contributed by atoms with Crippen LogP contribution in [-0.2, 0) is 10.0 Å². The molecular formula is C10H15FN2O3S. The van der Waals surface area contributed by atoms with E-state index < -0.39 is 21.4 Å². The number of nitrogens with zero attached hydrogens (tertiary/aromatic N) is 1. The number of rotatable bonds is 5. The molecule has 0 aliphatic carbocycles. The molecule has 0 unspecified atom stereocenters. The lowest BCUT2D eigenvalue weighted by Gasteiger charge is -2.24. The van der Waals surface area contributed by atoms with Crippen LogP contribution >= 0.6 is 0 Å². The molecule has 1 heterocycles. The lowest BCUT2D eigenvalue weighted by atomic mass is 10.0. The molecule has 5 nitrogen and oxygen atoms in total. The first kappa shape index (κ1) is 14.0. The highest BCUT2D eigenvalue weighted by molar-refractivity contribution is 7.89. The first-order valence-electron chi connectivity index (χ1n) is 5.02. The van der Waals surface area contributed by atoms with E-state index in [4.69, 9.17) is 5.11 Å². The Morgan fingerprint density at radius 1 is 1.47 bits per heavy atom. The van der Waals surface area contributed by atoms with Crippen LogP contribution in [0.3, 0.4) is 0 Å². The van der Waals surface area contributed by atoms with Gasteiger partial charge in [-0.1, -0.05) is 0 Å². The summed E-state index contributed by atoms with van der Waals surface area (Å²) in [6.07, 6.45) is 2.26. The molecule has 1 rings (SSSR count). The molecule has 7 heteroatoms. The monoisotopic (exact) mass is 262 g/mol. The summed E-state index contributed by atoms with van der Waals surface area (Å²) in [6.45, 7) is 3.12. The Hall–Kier alpha value is -1.05. The smallest absolute Gasteiger partial charge is 0.242 e. The van der Waals surface area contributed by atoms with Gasteiger partial charge in [-0.15, -0.1) is 0 Å². The van der Waals surface area contributed by atoms with Gasteiger partial charge in [0.25, 0.3) is 0 Å². The molecule has 0 saturated heterocycles. The van der Waals surface area contributed by atoms with Crippen LogP contribution in [0.5, 0.6) is 0 Å². The topological polar surface area (TPSA) is 79.3 Å². The van der Waals surface area contributed by atoms with E-state index in [0.29, 0.717) is 0 Å². The average molecular weight is 262 g/mol. The fourth-order valence-corrected chi connectivity index (χ4v) is 2.71. The van der Waals surface area contributed by atoms with Gasteiger partial charge in [0.05, 0.1) is 6.20 Å². The van der Waals surface area contributed by atoms with Crippen molar-refractivity contribution in [3.63, 3.8) is 0 Å². The fourth-order valence-electron chi connectivity index (χ4n) is 1.29. The Bertz CT molecular complexity index is 488. The van der Waals surface area contributed by atoms with E-state index in [1.54, 1.807) is 13.8 Å². The summed E-state index contributed by atoms with van der Waals surface area (Å²) in [5.74, 6) is -0.715. The zero-order valence-electron chi connectivity index (χ0n) is 9.64. The van der Waals surface area contributed by atoms with Crippen LogP contribution in [0.1, 0.15) is 20.3 Å². The highest BCUT2D eigenvalue weighted by atomic mass is 32.2. The van der Waals surface area contributed by atoms with Crippen LogP contribution in [0.4, 0.5) is 4.39 Å². The van der Waals surface area contributed by atoms with Crippen LogP contribution < -0.4 is 4.72 Å². The number of aliphatic hydroxyl groups excluding tert-OH is 1. The second-order valence-corrected chi connectivity index (χ2v) is 5.98. The summed E-state index contributed by atoms with van der Waals surface area (Å²) in [5.41, 5.74) is -0.806. The number of halogens is 1. The average Bonchev–Trinajstić information content (AvgIpc) is 2.15. The lowest BCUT2D eigenvalue weighted by Crippen LogP contribution is -2.43. The number of hydrogen-bond acceptors (Lipinski definition) is 4. The summed E-state index contributed by atoms with van der Waals surface area (Å²) >= 11 is 0. The molecule has 0 atom stereocenters. The van der Waals surface area contributed by atoms with Crippen molar-refractivity contribution in [1.82, 2.24) is 9.71 Å². The Kier molecular flexibility index (Phi) is 4.18. The molecule has 0 radical (unpaired) electrons. The van der Waals surface area contributed by atoms with Gasteiger partial charge < -0.3 is 5.11 Å². The maximum absolute atomic E-state index is 12.9. The number of nitrogens with one attached hydrogen (secondary N) is 1. The second-order valence-electron chi connectivity index (χ2n) is 4.30. The van der Waals surface area contributed by atoms with Crippen molar-refractivity contribution >= 4 is 10.0 Å². The molecule has 0 spiro atoms. The fraction of sp³-hybridized carbons (Fsp3) is 0.500. The number of pyridine rings is 1. The molecule has 1 aromatic rings. The summed E-state index contributed by atoms with van der Waals surface area (Å²) in [4.78, 5) is 3.25.